The standard InChI is InChI=1S/C22H22F2N2O2/c23-18-7-5-17(6-8-18)22(9-2-10-22)21(28)26-13-11-25(12-14-26)20(27)16-3-1-4-19(24)15-16/h1,3-8,15H,2,9-14H2. The summed E-state index contributed by atoms with van der Waals surface area (Å²) >= 11 is 0. The maximum atomic E-state index is 13.4. The molecule has 2 aromatic carbocycles. The molecule has 1 aliphatic heterocycles. The molecule has 0 spiro atoms. The third-order valence-corrected chi connectivity index (χ3v) is 5.94. The van der Waals surface area contributed by atoms with E-state index in [2.05, 4.69) is 0 Å². The number of nitrogens with zero attached hydrogens (tertiary/aromatic N) is 2. The summed E-state index contributed by atoms with van der Waals surface area (Å²) in [4.78, 5) is 29.3. The Morgan fingerprint density at radius 3 is 2.04 bits per heavy atom. The number of carbonyl (C=O) groups is 2. The Morgan fingerprint density at radius 1 is 0.821 bits per heavy atom. The first-order chi connectivity index (χ1) is 13.5. The van der Waals surface area contributed by atoms with E-state index in [1.807, 2.05) is 0 Å². The lowest BCUT2D eigenvalue weighted by Crippen LogP contribution is -2.57. The highest BCUT2D eigenvalue weighted by Gasteiger charge is 2.48. The molecule has 4 rings (SSSR count). The Kier molecular flexibility index (Phi) is 4.87. The molecular weight excluding hydrogens is 362 g/mol. The van der Waals surface area contributed by atoms with E-state index in [0.717, 1.165) is 24.8 Å². The zero-order valence-corrected chi connectivity index (χ0v) is 15.5. The zero-order chi connectivity index (χ0) is 19.7. The fourth-order valence-corrected chi connectivity index (χ4v) is 4.14. The molecule has 0 bridgehead atoms. The fraction of sp³-hybridized carbons (Fsp3) is 0.364. The summed E-state index contributed by atoms with van der Waals surface area (Å²) in [5.74, 6) is -0.910. The first-order valence-corrected chi connectivity index (χ1v) is 9.60. The lowest BCUT2D eigenvalue weighted by Gasteiger charge is -2.46. The molecule has 0 atom stereocenters. The minimum atomic E-state index is -0.567. The van der Waals surface area contributed by atoms with Gasteiger partial charge >= 0.3 is 0 Å². The van der Waals surface area contributed by atoms with Crippen LogP contribution < -0.4 is 0 Å². The first kappa shape index (κ1) is 18.6. The Hall–Kier alpha value is -2.76. The van der Waals surface area contributed by atoms with Gasteiger partial charge in [0.25, 0.3) is 5.91 Å². The quantitative estimate of drug-likeness (QED) is 0.814. The largest absolute Gasteiger partial charge is 0.338 e. The molecule has 0 radical (unpaired) electrons. The van der Waals surface area contributed by atoms with Gasteiger partial charge in [-0.2, -0.15) is 0 Å². The lowest BCUT2D eigenvalue weighted by molar-refractivity contribution is -0.142. The van der Waals surface area contributed by atoms with Crippen molar-refractivity contribution in [1.29, 1.82) is 0 Å². The van der Waals surface area contributed by atoms with Crippen molar-refractivity contribution in [2.24, 2.45) is 0 Å². The average Bonchev–Trinajstić information content (AvgIpc) is 2.68. The minimum Gasteiger partial charge on any atom is -0.338 e. The number of piperazine rings is 1. The van der Waals surface area contributed by atoms with Crippen LogP contribution in [-0.2, 0) is 10.2 Å². The Morgan fingerprint density at radius 2 is 1.46 bits per heavy atom. The van der Waals surface area contributed by atoms with Crippen LogP contribution in [0.3, 0.4) is 0 Å². The van der Waals surface area contributed by atoms with Crippen LogP contribution in [-0.4, -0.2) is 47.8 Å². The van der Waals surface area contributed by atoms with Gasteiger partial charge in [0.1, 0.15) is 11.6 Å². The molecule has 146 valence electrons. The van der Waals surface area contributed by atoms with Gasteiger partial charge in [0, 0.05) is 31.7 Å². The van der Waals surface area contributed by atoms with Crippen LogP contribution >= 0.6 is 0 Å². The molecule has 6 heteroatoms. The van der Waals surface area contributed by atoms with Crippen LogP contribution in [0.15, 0.2) is 48.5 Å². The number of hydrogen-bond donors (Lipinski definition) is 0. The maximum absolute atomic E-state index is 13.4. The third kappa shape index (κ3) is 3.28. The third-order valence-electron chi connectivity index (χ3n) is 5.94. The molecule has 1 aliphatic carbocycles. The van der Waals surface area contributed by atoms with Crippen LogP contribution in [0, 0.1) is 11.6 Å². The van der Waals surface area contributed by atoms with Crippen LogP contribution in [0.2, 0.25) is 0 Å². The highest BCUT2D eigenvalue weighted by molar-refractivity contribution is 5.94. The van der Waals surface area contributed by atoms with Gasteiger partial charge in [-0.15, -0.1) is 0 Å². The fourth-order valence-electron chi connectivity index (χ4n) is 4.14. The van der Waals surface area contributed by atoms with Gasteiger partial charge in [-0.05, 0) is 48.7 Å². The molecule has 0 unspecified atom stereocenters. The molecule has 1 saturated heterocycles. The van der Waals surface area contributed by atoms with Crippen molar-refractivity contribution in [2.45, 2.75) is 24.7 Å². The number of rotatable bonds is 3. The molecule has 0 N–H and O–H groups in total. The van der Waals surface area contributed by atoms with E-state index in [1.54, 1.807) is 28.0 Å². The van der Waals surface area contributed by atoms with E-state index >= 15 is 0 Å². The van der Waals surface area contributed by atoms with Crippen molar-refractivity contribution in [2.75, 3.05) is 26.2 Å². The predicted octanol–water partition coefficient (Wildman–Crippen LogP) is 3.37. The van der Waals surface area contributed by atoms with Crippen molar-refractivity contribution in [3.05, 3.63) is 71.3 Å². The first-order valence-electron chi connectivity index (χ1n) is 9.60. The highest BCUT2D eigenvalue weighted by Crippen LogP contribution is 2.45. The number of amides is 2. The molecule has 1 heterocycles. The van der Waals surface area contributed by atoms with E-state index in [1.165, 1.54) is 30.3 Å². The molecule has 2 aromatic rings. The molecule has 1 saturated carbocycles. The number of benzene rings is 2. The summed E-state index contributed by atoms with van der Waals surface area (Å²) in [6, 6.07) is 11.9. The Labute approximate surface area is 162 Å². The molecule has 28 heavy (non-hydrogen) atoms. The summed E-state index contributed by atoms with van der Waals surface area (Å²) in [5.41, 5.74) is 0.618. The Bertz CT molecular complexity index is 886. The number of halogens is 2. The second-order valence-electron chi connectivity index (χ2n) is 7.54. The molecule has 2 aliphatic rings. The second kappa shape index (κ2) is 7.34. The van der Waals surface area contributed by atoms with Gasteiger partial charge in [0.05, 0.1) is 5.41 Å². The second-order valence-corrected chi connectivity index (χ2v) is 7.54. The molecule has 2 fully saturated rings. The Balaban J connectivity index is 1.44. The van der Waals surface area contributed by atoms with Gasteiger partial charge in [-0.25, -0.2) is 8.78 Å². The highest BCUT2D eigenvalue weighted by atomic mass is 19.1. The number of hydrogen-bond acceptors (Lipinski definition) is 2. The van der Waals surface area contributed by atoms with Crippen molar-refractivity contribution in [1.82, 2.24) is 9.80 Å². The zero-order valence-electron chi connectivity index (χ0n) is 15.5. The maximum Gasteiger partial charge on any atom is 0.254 e. The van der Waals surface area contributed by atoms with Gasteiger partial charge in [-0.1, -0.05) is 24.6 Å². The van der Waals surface area contributed by atoms with E-state index < -0.39 is 11.2 Å². The lowest BCUT2D eigenvalue weighted by atomic mass is 9.63. The SMILES string of the molecule is O=C(c1cccc(F)c1)N1CCN(C(=O)C2(c3ccc(F)cc3)CCC2)CC1. The van der Waals surface area contributed by atoms with Gasteiger partial charge < -0.3 is 9.80 Å². The summed E-state index contributed by atoms with van der Waals surface area (Å²) in [6.45, 7) is 1.73. The average molecular weight is 384 g/mol. The van der Waals surface area contributed by atoms with Crippen molar-refractivity contribution < 1.29 is 18.4 Å². The van der Waals surface area contributed by atoms with Crippen molar-refractivity contribution in [3.63, 3.8) is 0 Å². The monoisotopic (exact) mass is 384 g/mol. The van der Waals surface area contributed by atoms with Crippen LogP contribution in [0.4, 0.5) is 8.78 Å². The summed E-state index contributed by atoms with van der Waals surface area (Å²) in [7, 11) is 0. The van der Waals surface area contributed by atoms with Crippen molar-refractivity contribution >= 4 is 11.8 Å². The van der Waals surface area contributed by atoms with Crippen LogP contribution in [0.1, 0.15) is 35.2 Å². The molecule has 4 nitrogen and oxygen atoms in total. The summed E-state index contributed by atoms with van der Waals surface area (Å²) < 4.78 is 26.7. The smallest absolute Gasteiger partial charge is 0.254 e. The number of carbonyl (C=O) groups excluding carboxylic acids is 2. The molecule has 2 amide bonds. The minimum absolute atomic E-state index is 0.0585. The van der Waals surface area contributed by atoms with Crippen LogP contribution in [0.25, 0.3) is 0 Å². The molecule has 0 aromatic heterocycles. The van der Waals surface area contributed by atoms with Gasteiger partial charge in [-0.3, -0.25) is 9.59 Å². The summed E-state index contributed by atoms with van der Waals surface area (Å²) in [6.07, 6.45) is 2.50. The normalized spacial score (nSPS) is 18.5. The van der Waals surface area contributed by atoms with Crippen molar-refractivity contribution in [3.8, 4) is 0 Å². The van der Waals surface area contributed by atoms with Crippen LogP contribution in [0.5, 0.6) is 0 Å². The van der Waals surface area contributed by atoms with E-state index in [0.29, 0.717) is 31.7 Å². The van der Waals surface area contributed by atoms with Gasteiger partial charge in [0.15, 0.2) is 0 Å². The van der Waals surface area contributed by atoms with Gasteiger partial charge in [0.2, 0.25) is 5.91 Å². The van der Waals surface area contributed by atoms with E-state index in [4.69, 9.17) is 0 Å². The summed E-state index contributed by atoms with van der Waals surface area (Å²) in [5, 5.41) is 0. The van der Waals surface area contributed by atoms with E-state index in [-0.39, 0.29) is 17.6 Å². The molecular formula is C22H22F2N2O2. The van der Waals surface area contributed by atoms with E-state index in [9.17, 15) is 18.4 Å². The predicted molar refractivity (Wildman–Crippen MR) is 101 cm³/mol. The topological polar surface area (TPSA) is 40.6 Å².